The molecule has 0 atom stereocenters. The molecular weight excluding hydrogens is 195 g/mol. The van der Waals surface area contributed by atoms with Crippen LogP contribution in [0.3, 0.4) is 0 Å². The quantitative estimate of drug-likeness (QED) is 0.625. The average Bonchev–Trinajstić information content (AvgIpc) is 2.01. The maximum Gasteiger partial charge on any atom is 0.408 e. The second-order valence-electron chi connectivity index (χ2n) is 2.42. The molecule has 0 saturated carbocycles. The van der Waals surface area contributed by atoms with Gasteiger partial charge < -0.3 is 4.74 Å². The number of hydrogen-bond donors (Lipinski definition) is 0. The molecule has 0 fully saturated rings. The van der Waals surface area contributed by atoms with Gasteiger partial charge in [0.2, 0.25) is 0 Å². The summed E-state index contributed by atoms with van der Waals surface area (Å²) in [6.07, 6.45) is -4.99. The fourth-order valence-electron chi connectivity index (χ4n) is 0.377. The van der Waals surface area contributed by atoms with Gasteiger partial charge in [0.25, 0.3) is 5.92 Å². The van der Waals surface area contributed by atoms with Gasteiger partial charge >= 0.3 is 6.11 Å². The number of halogens is 5. The predicted octanol–water partition coefficient (Wildman–Crippen LogP) is 3.12. The van der Waals surface area contributed by atoms with E-state index in [1.807, 2.05) is 0 Å². The minimum Gasteiger partial charge on any atom is -0.308 e. The van der Waals surface area contributed by atoms with E-state index in [4.69, 9.17) is 0 Å². The zero-order chi connectivity index (χ0) is 10.7. The van der Waals surface area contributed by atoms with Crippen LogP contribution >= 0.6 is 0 Å². The minimum atomic E-state index is -4.33. The SMILES string of the molecule is C=C(F)C(F)(F)OCC(F)(F)CC. The molecule has 13 heavy (non-hydrogen) atoms. The fraction of sp³-hybridized carbons (Fsp3) is 0.714. The van der Waals surface area contributed by atoms with Gasteiger partial charge in [0.15, 0.2) is 5.83 Å². The van der Waals surface area contributed by atoms with E-state index >= 15 is 0 Å². The summed E-state index contributed by atoms with van der Waals surface area (Å²) >= 11 is 0. The molecule has 0 radical (unpaired) electrons. The third-order valence-corrected chi connectivity index (χ3v) is 1.30. The van der Waals surface area contributed by atoms with Crippen LogP contribution in [0.4, 0.5) is 22.0 Å². The standard InChI is InChI=1S/C7H9F5O/c1-3-6(9,10)4-13-7(11,12)5(2)8/h2-4H2,1H3. The van der Waals surface area contributed by atoms with E-state index in [9.17, 15) is 22.0 Å². The maximum atomic E-state index is 12.3. The van der Waals surface area contributed by atoms with Gasteiger partial charge in [0, 0.05) is 6.42 Å². The molecule has 78 valence electrons. The van der Waals surface area contributed by atoms with Crippen LogP contribution in [0.1, 0.15) is 13.3 Å². The highest BCUT2D eigenvalue weighted by Crippen LogP contribution is 2.28. The Bertz CT molecular complexity index is 189. The molecule has 0 aliphatic rings. The first kappa shape index (κ1) is 12.3. The highest BCUT2D eigenvalue weighted by molar-refractivity contribution is 4.90. The lowest BCUT2D eigenvalue weighted by Crippen LogP contribution is -2.30. The lowest BCUT2D eigenvalue weighted by Gasteiger charge is -2.18. The zero-order valence-corrected chi connectivity index (χ0v) is 6.92. The Labute approximate surface area is 72.2 Å². The van der Waals surface area contributed by atoms with Crippen molar-refractivity contribution in [1.82, 2.24) is 0 Å². The monoisotopic (exact) mass is 204 g/mol. The molecule has 0 rings (SSSR count). The van der Waals surface area contributed by atoms with Crippen molar-refractivity contribution in [2.45, 2.75) is 25.4 Å². The Morgan fingerprint density at radius 3 is 2.08 bits per heavy atom. The molecule has 0 aliphatic heterocycles. The van der Waals surface area contributed by atoms with Crippen molar-refractivity contribution in [1.29, 1.82) is 0 Å². The predicted molar refractivity (Wildman–Crippen MR) is 36.4 cm³/mol. The van der Waals surface area contributed by atoms with Crippen molar-refractivity contribution < 1.29 is 26.7 Å². The second-order valence-corrected chi connectivity index (χ2v) is 2.42. The first-order chi connectivity index (χ1) is 5.71. The zero-order valence-electron chi connectivity index (χ0n) is 6.92. The summed E-state index contributed by atoms with van der Waals surface area (Å²) in [5.41, 5.74) is 0. The lowest BCUT2D eigenvalue weighted by molar-refractivity contribution is -0.250. The van der Waals surface area contributed by atoms with Gasteiger partial charge in [0.05, 0.1) is 0 Å². The van der Waals surface area contributed by atoms with Crippen LogP contribution in [-0.2, 0) is 4.74 Å². The molecule has 0 aromatic heterocycles. The van der Waals surface area contributed by atoms with Crippen LogP contribution in [-0.4, -0.2) is 18.6 Å². The van der Waals surface area contributed by atoms with E-state index in [-0.39, 0.29) is 0 Å². The minimum absolute atomic E-state index is 0.651. The van der Waals surface area contributed by atoms with Crippen LogP contribution < -0.4 is 0 Å². The summed E-state index contributed by atoms with van der Waals surface area (Å²) in [4.78, 5) is 0. The summed E-state index contributed by atoms with van der Waals surface area (Å²) in [5, 5.41) is 0. The molecule has 0 N–H and O–H groups in total. The molecule has 1 nitrogen and oxygen atoms in total. The van der Waals surface area contributed by atoms with Gasteiger partial charge in [0.1, 0.15) is 6.61 Å². The van der Waals surface area contributed by atoms with E-state index in [1.165, 1.54) is 0 Å². The van der Waals surface area contributed by atoms with Gasteiger partial charge in [-0.15, -0.1) is 0 Å². The summed E-state index contributed by atoms with van der Waals surface area (Å²) in [7, 11) is 0. The summed E-state index contributed by atoms with van der Waals surface area (Å²) < 4.78 is 64.3. The number of rotatable bonds is 5. The molecule has 0 unspecified atom stereocenters. The smallest absolute Gasteiger partial charge is 0.308 e. The van der Waals surface area contributed by atoms with Crippen molar-refractivity contribution >= 4 is 0 Å². The average molecular weight is 204 g/mol. The third kappa shape index (κ3) is 4.21. The van der Waals surface area contributed by atoms with Crippen molar-refractivity contribution in [2.24, 2.45) is 0 Å². The molecule has 0 aliphatic carbocycles. The van der Waals surface area contributed by atoms with E-state index in [2.05, 4.69) is 11.3 Å². The highest BCUT2D eigenvalue weighted by atomic mass is 19.3. The van der Waals surface area contributed by atoms with Gasteiger partial charge in [-0.3, -0.25) is 0 Å². The lowest BCUT2D eigenvalue weighted by atomic mass is 10.3. The number of ether oxygens (including phenoxy) is 1. The highest BCUT2D eigenvalue weighted by Gasteiger charge is 2.39. The van der Waals surface area contributed by atoms with Crippen molar-refractivity contribution in [2.75, 3.05) is 6.61 Å². The number of hydrogen-bond acceptors (Lipinski definition) is 1. The summed E-state index contributed by atoms with van der Waals surface area (Å²) in [6.45, 7) is 1.84. The third-order valence-electron chi connectivity index (χ3n) is 1.30. The largest absolute Gasteiger partial charge is 0.408 e. The van der Waals surface area contributed by atoms with Gasteiger partial charge in [-0.05, 0) is 0 Å². The molecular formula is C7H9F5O. The van der Waals surface area contributed by atoms with E-state index < -0.39 is 30.9 Å². The molecule has 0 aromatic carbocycles. The van der Waals surface area contributed by atoms with Crippen LogP contribution in [0.25, 0.3) is 0 Å². The van der Waals surface area contributed by atoms with Crippen LogP contribution in [0.2, 0.25) is 0 Å². The maximum absolute atomic E-state index is 12.3. The Morgan fingerprint density at radius 1 is 1.31 bits per heavy atom. The van der Waals surface area contributed by atoms with Gasteiger partial charge in [-0.25, -0.2) is 13.2 Å². The Balaban J connectivity index is 4.09. The summed E-state index contributed by atoms with van der Waals surface area (Å²) in [5.74, 6) is -5.46. The summed E-state index contributed by atoms with van der Waals surface area (Å²) in [6, 6.07) is 0. The van der Waals surface area contributed by atoms with Gasteiger partial charge in [-0.1, -0.05) is 13.5 Å². The Hall–Kier alpha value is -0.650. The van der Waals surface area contributed by atoms with Crippen molar-refractivity contribution in [3.05, 3.63) is 12.4 Å². The first-order valence-corrected chi connectivity index (χ1v) is 3.46. The molecule has 0 saturated heterocycles. The molecule has 0 spiro atoms. The Morgan fingerprint density at radius 2 is 1.77 bits per heavy atom. The van der Waals surface area contributed by atoms with Crippen LogP contribution in [0, 0.1) is 0 Å². The Kier molecular flexibility index (Phi) is 3.84. The van der Waals surface area contributed by atoms with E-state index in [0.717, 1.165) is 6.92 Å². The van der Waals surface area contributed by atoms with Crippen molar-refractivity contribution in [3.8, 4) is 0 Å². The first-order valence-electron chi connectivity index (χ1n) is 3.46. The molecule has 6 heteroatoms. The molecule has 0 amide bonds. The number of alkyl halides is 4. The van der Waals surface area contributed by atoms with Crippen LogP contribution in [0.5, 0.6) is 0 Å². The fourth-order valence-corrected chi connectivity index (χ4v) is 0.377. The van der Waals surface area contributed by atoms with Gasteiger partial charge in [-0.2, -0.15) is 8.78 Å². The normalized spacial score (nSPS) is 13.1. The topological polar surface area (TPSA) is 9.23 Å². The molecule has 0 bridgehead atoms. The van der Waals surface area contributed by atoms with Crippen LogP contribution in [0.15, 0.2) is 12.4 Å². The van der Waals surface area contributed by atoms with Crippen molar-refractivity contribution in [3.63, 3.8) is 0 Å². The second kappa shape index (κ2) is 4.04. The van der Waals surface area contributed by atoms with E-state index in [1.54, 1.807) is 0 Å². The molecule has 0 aromatic rings. The molecule has 0 heterocycles. The van der Waals surface area contributed by atoms with E-state index in [0.29, 0.717) is 0 Å².